The number of carbonyl (C=O) groups is 1. The summed E-state index contributed by atoms with van der Waals surface area (Å²) in [4.78, 5) is 14.0. The Bertz CT molecular complexity index is 704. The van der Waals surface area contributed by atoms with E-state index in [-0.39, 0.29) is 30.4 Å². The molecular weight excluding hydrogens is 320 g/mol. The Hall–Kier alpha value is -1.96. The van der Waals surface area contributed by atoms with Gasteiger partial charge in [-0.25, -0.2) is 13.2 Å². The van der Waals surface area contributed by atoms with Gasteiger partial charge in [0, 0.05) is 19.1 Å². The summed E-state index contributed by atoms with van der Waals surface area (Å²) < 4.78 is 33.5. The first kappa shape index (κ1) is 15.9. The van der Waals surface area contributed by atoms with Gasteiger partial charge < -0.3 is 19.7 Å². The average Bonchev–Trinajstić information content (AvgIpc) is 3.10. The van der Waals surface area contributed by atoms with E-state index in [4.69, 9.17) is 9.47 Å². The van der Waals surface area contributed by atoms with E-state index in [9.17, 15) is 13.2 Å². The summed E-state index contributed by atoms with van der Waals surface area (Å²) in [6, 6.07) is 5.04. The summed E-state index contributed by atoms with van der Waals surface area (Å²) in [7, 11) is -3.00. The number of hydrogen-bond acceptors (Lipinski definition) is 5. The van der Waals surface area contributed by atoms with Crippen LogP contribution in [0.2, 0.25) is 0 Å². The third-order valence-electron chi connectivity index (χ3n) is 4.04. The molecule has 1 unspecified atom stereocenters. The topological polar surface area (TPSA) is 84.9 Å². The van der Waals surface area contributed by atoms with Crippen LogP contribution in [0.5, 0.6) is 11.5 Å². The van der Waals surface area contributed by atoms with Crippen molar-refractivity contribution in [2.45, 2.75) is 25.9 Å². The van der Waals surface area contributed by atoms with E-state index in [1.165, 1.54) is 0 Å². The van der Waals surface area contributed by atoms with Crippen molar-refractivity contribution in [1.82, 2.24) is 10.2 Å². The Balaban J connectivity index is 1.62. The van der Waals surface area contributed by atoms with Crippen molar-refractivity contribution in [3.05, 3.63) is 23.8 Å². The first-order valence-electron chi connectivity index (χ1n) is 7.61. The van der Waals surface area contributed by atoms with Gasteiger partial charge in [-0.05, 0) is 31.0 Å². The smallest absolute Gasteiger partial charge is 0.317 e. The minimum atomic E-state index is -3.00. The lowest BCUT2D eigenvalue weighted by Crippen LogP contribution is -2.44. The molecule has 7 nitrogen and oxygen atoms in total. The number of carbonyl (C=O) groups excluding carboxylic acids is 1. The van der Waals surface area contributed by atoms with Crippen LogP contribution in [-0.2, 0) is 16.4 Å². The Labute approximate surface area is 135 Å². The van der Waals surface area contributed by atoms with Crippen LogP contribution in [-0.4, -0.2) is 50.2 Å². The lowest BCUT2D eigenvalue weighted by Gasteiger charge is -2.23. The van der Waals surface area contributed by atoms with Crippen molar-refractivity contribution < 1.29 is 22.7 Å². The highest BCUT2D eigenvalue weighted by Crippen LogP contribution is 2.32. The standard InChI is InChI=1S/C15H20N2O5S/c1-2-17(15(18)16-12-5-6-23(19,20)9-12)8-11-3-4-13-14(7-11)22-10-21-13/h3-4,7,12H,2,5-6,8-10H2,1H3,(H,16,18). The minimum Gasteiger partial charge on any atom is -0.454 e. The van der Waals surface area contributed by atoms with Gasteiger partial charge in [-0.2, -0.15) is 0 Å². The number of nitrogens with zero attached hydrogens (tertiary/aromatic N) is 1. The SMILES string of the molecule is CCN(Cc1ccc2c(c1)OCO2)C(=O)NC1CCS(=O)(=O)C1. The first-order chi connectivity index (χ1) is 11.0. The molecule has 0 bridgehead atoms. The number of amides is 2. The molecule has 1 aromatic rings. The summed E-state index contributed by atoms with van der Waals surface area (Å²) in [5, 5.41) is 2.81. The van der Waals surface area contributed by atoms with Crippen LogP contribution in [0.1, 0.15) is 18.9 Å². The molecule has 0 spiro atoms. The van der Waals surface area contributed by atoms with Gasteiger partial charge in [0.15, 0.2) is 21.3 Å². The molecule has 0 saturated carbocycles. The van der Waals surface area contributed by atoms with Gasteiger partial charge in [0.1, 0.15) is 0 Å². The molecule has 0 radical (unpaired) electrons. The zero-order valence-electron chi connectivity index (χ0n) is 12.9. The van der Waals surface area contributed by atoms with E-state index in [0.29, 0.717) is 31.0 Å². The largest absolute Gasteiger partial charge is 0.454 e. The van der Waals surface area contributed by atoms with Gasteiger partial charge in [-0.1, -0.05) is 6.07 Å². The predicted molar refractivity (Wildman–Crippen MR) is 84.2 cm³/mol. The van der Waals surface area contributed by atoms with Gasteiger partial charge in [-0.3, -0.25) is 0 Å². The second kappa shape index (κ2) is 6.27. The fraction of sp³-hybridized carbons (Fsp3) is 0.533. The van der Waals surface area contributed by atoms with E-state index >= 15 is 0 Å². The predicted octanol–water partition coefficient (Wildman–Crippen LogP) is 1.13. The van der Waals surface area contributed by atoms with E-state index < -0.39 is 9.84 Å². The van der Waals surface area contributed by atoms with Crippen molar-refractivity contribution in [2.24, 2.45) is 0 Å². The quantitative estimate of drug-likeness (QED) is 0.888. The molecule has 2 heterocycles. The fourth-order valence-corrected chi connectivity index (χ4v) is 4.44. The maximum Gasteiger partial charge on any atom is 0.317 e. The number of sulfone groups is 1. The number of urea groups is 1. The number of fused-ring (bicyclic) bond motifs is 1. The highest BCUT2D eigenvalue weighted by atomic mass is 32.2. The van der Waals surface area contributed by atoms with E-state index in [2.05, 4.69) is 5.32 Å². The normalized spacial score (nSPS) is 21.2. The molecule has 1 N–H and O–H groups in total. The molecule has 2 amide bonds. The highest BCUT2D eigenvalue weighted by Gasteiger charge is 2.30. The second-order valence-corrected chi connectivity index (χ2v) is 7.98. The minimum absolute atomic E-state index is 0.0281. The molecule has 1 aromatic carbocycles. The van der Waals surface area contributed by atoms with Gasteiger partial charge in [0.2, 0.25) is 6.79 Å². The third-order valence-corrected chi connectivity index (χ3v) is 5.81. The van der Waals surface area contributed by atoms with E-state index in [1.807, 2.05) is 25.1 Å². The van der Waals surface area contributed by atoms with Gasteiger partial charge >= 0.3 is 6.03 Å². The number of ether oxygens (including phenoxy) is 2. The lowest BCUT2D eigenvalue weighted by atomic mass is 10.2. The van der Waals surface area contributed by atoms with Crippen molar-refractivity contribution in [3.63, 3.8) is 0 Å². The fourth-order valence-electron chi connectivity index (χ4n) is 2.76. The molecule has 0 aliphatic carbocycles. The average molecular weight is 340 g/mol. The molecule has 0 aromatic heterocycles. The molecule has 8 heteroatoms. The van der Waals surface area contributed by atoms with Crippen LogP contribution < -0.4 is 14.8 Å². The van der Waals surface area contributed by atoms with Crippen molar-refractivity contribution >= 4 is 15.9 Å². The van der Waals surface area contributed by atoms with Crippen LogP contribution in [0.4, 0.5) is 4.79 Å². The molecule has 126 valence electrons. The number of rotatable bonds is 4. The first-order valence-corrected chi connectivity index (χ1v) is 9.43. The molecule has 2 aliphatic rings. The van der Waals surface area contributed by atoms with Crippen molar-refractivity contribution in [3.8, 4) is 11.5 Å². The van der Waals surface area contributed by atoms with Gasteiger partial charge in [0.25, 0.3) is 0 Å². The Morgan fingerprint density at radius 3 is 2.83 bits per heavy atom. The maximum absolute atomic E-state index is 12.3. The zero-order chi connectivity index (χ0) is 16.4. The van der Waals surface area contributed by atoms with Crippen LogP contribution in [0.25, 0.3) is 0 Å². The summed E-state index contributed by atoms with van der Waals surface area (Å²) in [5.74, 6) is 1.56. The molecule has 1 fully saturated rings. The van der Waals surface area contributed by atoms with Crippen molar-refractivity contribution in [2.75, 3.05) is 24.8 Å². The van der Waals surface area contributed by atoms with E-state index in [0.717, 1.165) is 5.56 Å². The summed E-state index contributed by atoms with van der Waals surface area (Å²) >= 11 is 0. The number of benzene rings is 1. The van der Waals surface area contributed by atoms with Crippen molar-refractivity contribution in [1.29, 1.82) is 0 Å². The molecule has 23 heavy (non-hydrogen) atoms. The van der Waals surface area contributed by atoms with Crippen LogP contribution in [0.3, 0.4) is 0 Å². The third kappa shape index (κ3) is 3.69. The molecule has 2 aliphatic heterocycles. The summed E-state index contributed by atoms with van der Waals surface area (Å²) in [5.41, 5.74) is 0.935. The van der Waals surface area contributed by atoms with Crippen LogP contribution in [0, 0.1) is 0 Å². The molecule has 3 rings (SSSR count). The monoisotopic (exact) mass is 340 g/mol. The Kier molecular flexibility index (Phi) is 4.34. The summed E-state index contributed by atoms with van der Waals surface area (Å²) in [6.45, 7) is 3.06. The number of hydrogen-bond donors (Lipinski definition) is 1. The second-order valence-electron chi connectivity index (χ2n) is 5.75. The summed E-state index contributed by atoms with van der Waals surface area (Å²) in [6.07, 6.45) is 0.482. The number of nitrogens with one attached hydrogen (secondary N) is 1. The Morgan fingerprint density at radius 1 is 1.35 bits per heavy atom. The Morgan fingerprint density at radius 2 is 2.13 bits per heavy atom. The van der Waals surface area contributed by atoms with Gasteiger partial charge in [-0.15, -0.1) is 0 Å². The molecule has 1 atom stereocenters. The van der Waals surface area contributed by atoms with E-state index in [1.54, 1.807) is 4.90 Å². The lowest BCUT2D eigenvalue weighted by molar-refractivity contribution is 0.173. The maximum atomic E-state index is 12.3. The zero-order valence-corrected chi connectivity index (χ0v) is 13.8. The van der Waals surface area contributed by atoms with Crippen LogP contribution in [0.15, 0.2) is 18.2 Å². The molecule has 1 saturated heterocycles. The van der Waals surface area contributed by atoms with Crippen LogP contribution >= 0.6 is 0 Å². The molecular formula is C15H20N2O5S. The van der Waals surface area contributed by atoms with Gasteiger partial charge in [0.05, 0.1) is 11.5 Å². The highest BCUT2D eigenvalue weighted by molar-refractivity contribution is 7.91.